The molecule has 54 valence electrons. The van der Waals surface area contributed by atoms with E-state index in [1.54, 1.807) is 6.92 Å². The van der Waals surface area contributed by atoms with E-state index < -0.39 is 12.1 Å². The fourth-order valence-electron chi connectivity index (χ4n) is 0.560. The minimum atomic E-state index is -0.754. The normalized spacial score (nSPS) is 19.4. The number of hydrogen-bond donors (Lipinski definition) is 1. The van der Waals surface area contributed by atoms with Gasteiger partial charge >= 0.3 is 6.03 Å². The Hall–Kier alpha value is -1.10. The van der Waals surface area contributed by atoms with E-state index in [0.717, 1.165) is 0 Å². The molecule has 0 unspecified atom stereocenters. The summed E-state index contributed by atoms with van der Waals surface area (Å²) in [6.45, 7) is 1.77. The number of carbonyl (C=O) groups is 1. The van der Waals surface area contributed by atoms with Crippen LogP contribution >= 0.6 is 0 Å². The van der Waals surface area contributed by atoms with Crippen LogP contribution in [0.25, 0.3) is 0 Å². The van der Waals surface area contributed by atoms with E-state index in [1.165, 1.54) is 0 Å². The molecule has 0 saturated carbocycles. The number of aliphatic imine (C=N–C) groups is 1. The number of hydrogen-bond acceptors (Lipinski definition) is 3. The Morgan fingerprint density at radius 1 is 1.60 bits per heavy atom. The van der Waals surface area contributed by atoms with E-state index in [0.29, 0.717) is 6.42 Å². The standard InChI is InChI=1S/C5H7N3O2/c1-2-3(9)4-6-5(10)8-7-4/h3,9H,2H2,1H3/t3-/m0/s1. The number of azo groups is 1. The third-order valence-corrected chi connectivity index (χ3v) is 1.13. The third kappa shape index (κ3) is 1.24. The third-order valence-electron chi connectivity index (χ3n) is 1.13. The van der Waals surface area contributed by atoms with Crippen molar-refractivity contribution >= 4 is 11.9 Å². The lowest BCUT2D eigenvalue weighted by molar-refractivity contribution is 0.235. The second kappa shape index (κ2) is 2.66. The van der Waals surface area contributed by atoms with Crippen LogP contribution in [0.5, 0.6) is 0 Å². The summed E-state index contributed by atoms with van der Waals surface area (Å²) in [7, 11) is 0. The van der Waals surface area contributed by atoms with Gasteiger partial charge in [-0.3, -0.25) is 0 Å². The van der Waals surface area contributed by atoms with Crippen LogP contribution < -0.4 is 0 Å². The van der Waals surface area contributed by atoms with E-state index in [9.17, 15) is 4.79 Å². The van der Waals surface area contributed by atoms with Gasteiger partial charge in [0, 0.05) is 0 Å². The maximum absolute atomic E-state index is 10.3. The van der Waals surface area contributed by atoms with Crippen LogP contribution in [0.1, 0.15) is 13.3 Å². The maximum atomic E-state index is 10.3. The molecule has 1 heterocycles. The molecule has 0 aromatic heterocycles. The summed E-state index contributed by atoms with van der Waals surface area (Å²) in [5, 5.41) is 15.5. The maximum Gasteiger partial charge on any atom is 0.387 e. The summed E-state index contributed by atoms with van der Waals surface area (Å²) in [5.41, 5.74) is 0. The fraction of sp³-hybridized carbons (Fsp3) is 0.600. The highest BCUT2D eigenvalue weighted by Crippen LogP contribution is 2.04. The summed E-state index contributed by atoms with van der Waals surface area (Å²) in [6.07, 6.45) is -0.263. The van der Waals surface area contributed by atoms with E-state index in [1.807, 2.05) is 0 Å². The van der Waals surface area contributed by atoms with Gasteiger partial charge in [-0.2, -0.15) is 4.99 Å². The van der Waals surface area contributed by atoms with E-state index >= 15 is 0 Å². The molecule has 0 aliphatic carbocycles. The first-order chi connectivity index (χ1) is 4.74. The quantitative estimate of drug-likeness (QED) is 0.615. The fourth-order valence-corrected chi connectivity index (χ4v) is 0.560. The van der Waals surface area contributed by atoms with Crippen molar-refractivity contribution in [3.05, 3.63) is 0 Å². The Kier molecular flexibility index (Phi) is 1.86. The van der Waals surface area contributed by atoms with E-state index in [-0.39, 0.29) is 5.84 Å². The van der Waals surface area contributed by atoms with Gasteiger partial charge < -0.3 is 5.11 Å². The van der Waals surface area contributed by atoms with Gasteiger partial charge in [0.05, 0.1) is 0 Å². The first-order valence-electron chi connectivity index (χ1n) is 2.96. The van der Waals surface area contributed by atoms with Gasteiger partial charge in [-0.1, -0.05) is 12.0 Å². The highest BCUT2D eigenvalue weighted by Gasteiger charge is 2.16. The average Bonchev–Trinajstić information content (AvgIpc) is 2.34. The van der Waals surface area contributed by atoms with Crippen molar-refractivity contribution in [2.75, 3.05) is 0 Å². The number of aliphatic hydroxyl groups is 1. The lowest BCUT2D eigenvalue weighted by Gasteiger charge is -1.99. The molecule has 5 heteroatoms. The van der Waals surface area contributed by atoms with Gasteiger partial charge in [0.1, 0.15) is 6.10 Å². The number of urea groups is 1. The number of carbonyl (C=O) groups excluding carboxylic acids is 1. The minimum Gasteiger partial charge on any atom is -0.385 e. The summed E-state index contributed by atoms with van der Waals surface area (Å²) in [5.74, 6) is 0.118. The summed E-state index contributed by atoms with van der Waals surface area (Å²) in [4.78, 5) is 13.7. The van der Waals surface area contributed by atoms with Crippen LogP contribution in [0.2, 0.25) is 0 Å². The van der Waals surface area contributed by atoms with Gasteiger partial charge in [0.15, 0.2) is 5.84 Å². The molecule has 0 saturated heterocycles. The molecular formula is C5H7N3O2. The summed E-state index contributed by atoms with van der Waals surface area (Å²) < 4.78 is 0. The van der Waals surface area contributed by atoms with Crippen molar-refractivity contribution in [2.45, 2.75) is 19.4 Å². The second-order valence-electron chi connectivity index (χ2n) is 1.88. The van der Waals surface area contributed by atoms with E-state index in [2.05, 4.69) is 15.2 Å². The predicted molar refractivity (Wildman–Crippen MR) is 34.0 cm³/mol. The van der Waals surface area contributed by atoms with Crippen LogP contribution in [-0.2, 0) is 0 Å². The first-order valence-corrected chi connectivity index (χ1v) is 2.96. The minimum absolute atomic E-state index is 0.118. The van der Waals surface area contributed by atoms with Crippen molar-refractivity contribution in [1.29, 1.82) is 0 Å². The van der Waals surface area contributed by atoms with Crippen molar-refractivity contribution in [3.8, 4) is 0 Å². The van der Waals surface area contributed by atoms with Crippen LogP contribution in [0, 0.1) is 0 Å². The number of aliphatic hydroxyl groups excluding tert-OH is 1. The molecule has 10 heavy (non-hydrogen) atoms. The second-order valence-corrected chi connectivity index (χ2v) is 1.88. The number of rotatable bonds is 2. The molecule has 0 fully saturated rings. The van der Waals surface area contributed by atoms with Gasteiger partial charge in [0.2, 0.25) is 0 Å². The monoisotopic (exact) mass is 141 g/mol. The van der Waals surface area contributed by atoms with Crippen molar-refractivity contribution < 1.29 is 9.90 Å². The Labute approximate surface area is 57.5 Å². The number of amides is 2. The zero-order chi connectivity index (χ0) is 7.56. The number of amidine groups is 1. The molecule has 0 radical (unpaired) electrons. The molecule has 0 spiro atoms. The van der Waals surface area contributed by atoms with Gasteiger partial charge in [-0.05, 0) is 6.42 Å². The molecule has 0 aromatic rings. The predicted octanol–water partition coefficient (Wildman–Crippen LogP) is 0.742. The zero-order valence-corrected chi connectivity index (χ0v) is 5.48. The van der Waals surface area contributed by atoms with Crippen molar-refractivity contribution in [1.82, 2.24) is 0 Å². The van der Waals surface area contributed by atoms with Gasteiger partial charge in [-0.25, -0.2) is 4.79 Å². The Morgan fingerprint density at radius 2 is 2.30 bits per heavy atom. The Morgan fingerprint density at radius 3 is 2.70 bits per heavy atom. The lowest BCUT2D eigenvalue weighted by Crippen LogP contribution is -2.15. The first kappa shape index (κ1) is 7.01. The van der Waals surface area contributed by atoms with Gasteiger partial charge in [0.25, 0.3) is 0 Å². The van der Waals surface area contributed by atoms with Crippen LogP contribution in [0.15, 0.2) is 15.2 Å². The SMILES string of the molecule is CC[C@H](O)C1=NC(=O)N=N1. The molecule has 5 nitrogen and oxygen atoms in total. The number of nitrogens with zero attached hydrogens (tertiary/aromatic N) is 3. The molecule has 0 aromatic carbocycles. The van der Waals surface area contributed by atoms with Crippen LogP contribution in [0.4, 0.5) is 4.79 Å². The smallest absolute Gasteiger partial charge is 0.385 e. The molecule has 1 N–H and O–H groups in total. The molecule has 1 rings (SSSR count). The van der Waals surface area contributed by atoms with Crippen LogP contribution in [-0.4, -0.2) is 23.1 Å². The zero-order valence-electron chi connectivity index (χ0n) is 5.48. The molecular weight excluding hydrogens is 134 g/mol. The summed E-state index contributed by atoms with van der Waals surface area (Å²) >= 11 is 0. The highest BCUT2D eigenvalue weighted by molar-refractivity contribution is 6.00. The average molecular weight is 141 g/mol. The van der Waals surface area contributed by atoms with Crippen LogP contribution in [0.3, 0.4) is 0 Å². The molecule has 1 aliphatic rings. The lowest BCUT2D eigenvalue weighted by atomic mass is 10.3. The Bertz CT molecular complexity index is 209. The molecule has 1 aliphatic heterocycles. The van der Waals surface area contributed by atoms with Crippen molar-refractivity contribution in [3.63, 3.8) is 0 Å². The van der Waals surface area contributed by atoms with Gasteiger partial charge in [-0.15, -0.1) is 5.11 Å². The largest absolute Gasteiger partial charge is 0.387 e. The molecule has 1 atom stereocenters. The van der Waals surface area contributed by atoms with E-state index in [4.69, 9.17) is 5.11 Å². The molecule has 0 bridgehead atoms. The van der Waals surface area contributed by atoms with Crippen molar-refractivity contribution in [2.24, 2.45) is 15.2 Å². The highest BCUT2D eigenvalue weighted by atomic mass is 16.3. The topological polar surface area (TPSA) is 74.4 Å². The molecule has 2 amide bonds. The Balaban J connectivity index is 2.67. The summed E-state index contributed by atoms with van der Waals surface area (Å²) in [6, 6.07) is -0.637.